The van der Waals surface area contributed by atoms with Crippen molar-refractivity contribution in [2.75, 3.05) is 13.2 Å². The molecule has 1 aromatic rings. The fourth-order valence-corrected chi connectivity index (χ4v) is 2.98. The van der Waals surface area contributed by atoms with Gasteiger partial charge in [0.1, 0.15) is 0 Å². The second-order valence-electron chi connectivity index (χ2n) is 4.73. The summed E-state index contributed by atoms with van der Waals surface area (Å²) in [5, 5.41) is 0.701. The van der Waals surface area contributed by atoms with Crippen molar-refractivity contribution < 1.29 is 9.53 Å². The quantitative estimate of drug-likeness (QED) is 0.767. The number of hydrogen-bond donors (Lipinski definition) is 0. The lowest BCUT2D eigenvalue weighted by molar-refractivity contribution is -0.138. The molecule has 2 aliphatic rings. The fraction of sp³-hybridized carbons (Fsp3) is 0.462. The van der Waals surface area contributed by atoms with Crippen molar-refractivity contribution in [3.05, 3.63) is 34.9 Å². The van der Waals surface area contributed by atoms with E-state index in [-0.39, 0.29) is 11.8 Å². The lowest BCUT2D eigenvalue weighted by Gasteiger charge is -2.30. The summed E-state index contributed by atoms with van der Waals surface area (Å²) in [5.74, 6) is 0.225. The summed E-state index contributed by atoms with van der Waals surface area (Å²) in [6.07, 6.45) is 0.730. The van der Waals surface area contributed by atoms with Crippen molar-refractivity contribution in [1.82, 2.24) is 4.90 Å². The molecule has 17 heavy (non-hydrogen) atoms. The minimum atomic E-state index is -0.541. The zero-order chi connectivity index (χ0) is 12.0. The van der Waals surface area contributed by atoms with Gasteiger partial charge < -0.3 is 9.64 Å². The summed E-state index contributed by atoms with van der Waals surface area (Å²) < 4.78 is 5.89. The van der Waals surface area contributed by atoms with Crippen LogP contribution in [0, 0.1) is 5.92 Å². The number of carbonyl (C=O) groups excluding carboxylic acids is 1. The van der Waals surface area contributed by atoms with E-state index >= 15 is 0 Å². The topological polar surface area (TPSA) is 29.5 Å². The van der Waals surface area contributed by atoms with Crippen LogP contribution in [0.5, 0.6) is 0 Å². The molecule has 0 aliphatic carbocycles. The standard InChI is InChI=1S/C13H14ClNO2/c1-9-8-13(10-2-4-11(14)5-3-10)15(12(9)16)6-7-17-13/h2-5,9H,6-8H2,1H3/t9-,13+/m1/s1. The molecule has 3 rings (SSSR count). The van der Waals surface area contributed by atoms with Crippen LogP contribution in [-0.2, 0) is 15.3 Å². The van der Waals surface area contributed by atoms with E-state index in [1.54, 1.807) is 0 Å². The first-order valence-electron chi connectivity index (χ1n) is 5.85. The lowest BCUT2D eigenvalue weighted by atomic mass is 9.97. The molecule has 0 aromatic heterocycles. The number of amides is 1. The van der Waals surface area contributed by atoms with Crippen LogP contribution < -0.4 is 0 Å². The largest absolute Gasteiger partial charge is 0.349 e. The molecule has 1 amide bonds. The van der Waals surface area contributed by atoms with Gasteiger partial charge in [-0.25, -0.2) is 0 Å². The van der Waals surface area contributed by atoms with E-state index in [0.29, 0.717) is 18.2 Å². The molecule has 2 heterocycles. The predicted octanol–water partition coefficient (Wildman–Crippen LogP) is 2.39. The van der Waals surface area contributed by atoms with E-state index in [0.717, 1.165) is 12.0 Å². The average molecular weight is 252 g/mol. The van der Waals surface area contributed by atoms with Crippen LogP contribution in [0.3, 0.4) is 0 Å². The molecular weight excluding hydrogens is 238 g/mol. The summed E-state index contributed by atoms with van der Waals surface area (Å²) in [6, 6.07) is 7.59. The number of ether oxygens (including phenoxy) is 1. The Morgan fingerprint density at radius 2 is 2.12 bits per heavy atom. The first-order valence-corrected chi connectivity index (χ1v) is 6.23. The van der Waals surface area contributed by atoms with Gasteiger partial charge in [-0.2, -0.15) is 0 Å². The molecule has 0 N–H and O–H groups in total. The molecule has 2 fully saturated rings. The zero-order valence-electron chi connectivity index (χ0n) is 9.65. The monoisotopic (exact) mass is 251 g/mol. The van der Waals surface area contributed by atoms with Gasteiger partial charge in [0.15, 0.2) is 5.72 Å². The summed E-state index contributed by atoms with van der Waals surface area (Å²) >= 11 is 5.89. The van der Waals surface area contributed by atoms with E-state index in [4.69, 9.17) is 16.3 Å². The van der Waals surface area contributed by atoms with Crippen molar-refractivity contribution in [2.24, 2.45) is 5.92 Å². The summed E-state index contributed by atoms with van der Waals surface area (Å²) in [4.78, 5) is 13.9. The van der Waals surface area contributed by atoms with Gasteiger partial charge in [0, 0.05) is 29.5 Å². The molecule has 0 bridgehead atoms. The molecule has 2 atom stereocenters. The molecule has 0 spiro atoms. The molecule has 2 aliphatic heterocycles. The Labute approximate surface area is 105 Å². The number of fused-ring (bicyclic) bond motifs is 1. The molecule has 4 heteroatoms. The third kappa shape index (κ3) is 1.49. The minimum Gasteiger partial charge on any atom is -0.349 e. The highest BCUT2D eigenvalue weighted by molar-refractivity contribution is 6.30. The molecule has 2 saturated heterocycles. The molecule has 0 unspecified atom stereocenters. The van der Waals surface area contributed by atoms with E-state index in [2.05, 4.69) is 0 Å². The number of rotatable bonds is 1. The Morgan fingerprint density at radius 1 is 1.41 bits per heavy atom. The highest BCUT2D eigenvalue weighted by atomic mass is 35.5. The maximum atomic E-state index is 12.1. The highest BCUT2D eigenvalue weighted by Gasteiger charge is 2.54. The second-order valence-corrected chi connectivity index (χ2v) is 5.17. The van der Waals surface area contributed by atoms with Gasteiger partial charge in [-0.1, -0.05) is 30.7 Å². The van der Waals surface area contributed by atoms with Crippen molar-refractivity contribution in [2.45, 2.75) is 19.1 Å². The predicted molar refractivity (Wildman–Crippen MR) is 64.6 cm³/mol. The SMILES string of the molecule is C[C@@H]1C[C@@]2(c3ccc(Cl)cc3)OCCN2C1=O. The number of nitrogens with zero attached hydrogens (tertiary/aromatic N) is 1. The number of benzene rings is 1. The normalized spacial score (nSPS) is 32.0. The number of carbonyl (C=O) groups is 1. The van der Waals surface area contributed by atoms with Crippen LogP contribution >= 0.6 is 11.6 Å². The Kier molecular flexibility index (Phi) is 2.42. The van der Waals surface area contributed by atoms with Crippen LogP contribution in [0.15, 0.2) is 24.3 Å². The van der Waals surface area contributed by atoms with Gasteiger partial charge in [0.05, 0.1) is 6.61 Å². The van der Waals surface area contributed by atoms with Crippen molar-refractivity contribution in [3.63, 3.8) is 0 Å². The Bertz CT molecular complexity index is 459. The van der Waals surface area contributed by atoms with E-state index in [9.17, 15) is 4.79 Å². The van der Waals surface area contributed by atoms with E-state index in [1.807, 2.05) is 36.1 Å². The highest BCUT2D eigenvalue weighted by Crippen LogP contribution is 2.46. The van der Waals surface area contributed by atoms with E-state index < -0.39 is 5.72 Å². The van der Waals surface area contributed by atoms with Crippen molar-refractivity contribution >= 4 is 17.5 Å². The molecule has 3 nitrogen and oxygen atoms in total. The molecule has 0 saturated carbocycles. The van der Waals surface area contributed by atoms with E-state index in [1.165, 1.54) is 0 Å². The van der Waals surface area contributed by atoms with Gasteiger partial charge in [-0.3, -0.25) is 4.79 Å². The second kappa shape index (κ2) is 3.72. The lowest BCUT2D eigenvalue weighted by Crippen LogP contribution is -2.38. The number of hydrogen-bond acceptors (Lipinski definition) is 2. The Balaban J connectivity index is 2.05. The van der Waals surface area contributed by atoms with Crippen LogP contribution in [0.2, 0.25) is 5.02 Å². The van der Waals surface area contributed by atoms with Crippen LogP contribution in [0.4, 0.5) is 0 Å². The van der Waals surface area contributed by atoms with Gasteiger partial charge in [-0.15, -0.1) is 0 Å². The maximum absolute atomic E-state index is 12.1. The van der Waals surface area contributed by atoms with Crippen molar-refractivity contribution in [3.8, 4) is 0 Å². The Morgan fingerprint density at radius 3 is 2.82 bits per heavy atom. The van der Waals surface area contributed by atoms with Crippen LogP contribution in [0.1, 0.15) is 18.9 Å². The summed E-state index contributed by atoms with van der Waals surface area (Å²) in [5.41, 5.74) is 0.485. The van der Waals surface area contributed by atoms with Gasteiger partial charge in [0.2, 0.25) is 5.91 Å². The zero-order valence-corrected chi connectivity index (χ0v) is 10.4. The first kappa shape index (κ1) is 11.1. The molecular formula is C13H14ClNO2. The fourth-order valence-electron chi connectivity index (χ4n) is 2.86. The summed E-state index contributed by atoms with van der Waals surface area (Å²) in [6.45, 7) is 3.26. The molecule has 1 aromatic carbocycles. The van der Waals surface area contributed by atoms with Gasteiger partial charge in [0.25, 0.3) is 0 Å². The smallest absolute Gasteiger partial charge is 0.228 e. The van der Waals surface area contributed by atoms with Crippen LogP contribution in [0.25, 0.3) is 0 Å². The average Bonchev–Trinajstić information content (AvgIpc) is 2.82. The summed E-state index contributed by atoms with van der Waals surface area (Å²) in [7, 11) is 0. The maximum Gasteiger partial charge on any atom is 0.228 e. The van der Waals surface area contributed by atoms with Crippen LogP contribution in [-0.4, -0.2) is 24.0 Å². The van der Waals surface area contributed by atoms with Crippen molar-refractivity contribution in [1.29, 1.82) is 0 Å². The third-order valence-electron chi connectivity index (χ3n) is 3.66. The Hall–Kier alpha value is -1.06. The number of halogens is 1. The first-order chi connectivity index (χ1) is 8.13. The molecule has 90 valence electrons. The van der Waals surface area contributed by atoms with Gasteiger partial charge in [-0.05, 0) is 12.1 Å². The van der Waals surface area contributed by atoms with Gasteiger partial charge >= 0.3 is 0 Å². The molecule has 0 radical (unpaired) electrons. The third-order valence-corrected chi connectivity index (χ3v) is 3.91. The minimum absolute atomic E-state index is 0.0333.